The number of alkyl halides is 6. The molecule has 1 amide bonds. The van der Waals surface area contributed by atoms with Gasteiger partial charge in [0.05, 0.1) is 19.1 Å². The Bertz CT molecular complexity index is 1080. The normalized spacial score (nSPS) is 21.2. The minimum atomic E-state index is -5.08. The Balaban J connectivity index is 0.000000317. The van der Waals surface area contributed by atoms with Crippen LogP contribution in [0.3, 0.4) is 0 Å². The number of furan rings is 1. The van der Waals surface area contributed by atoms with Gasteiger partial charge in [-0.2, -0.15) is 31.4 Å². The summed E-state index contributed by atoms with van der Waals surface area (Å²) in [6.45, 7) is 7.38. The number of carbonyl (C=O) groups excluding carboxylic acids is 1. The van der Waals surface area contributed by atoms with Gasteiger partial charge in [-0.15, -0.1) is 0 Å². The molecule has 2 fully saturated rings. The number of fused-ring (bicyclic) bond motifs is 1. The van der Waals surface area contributed by atoms with Crippen LogP contribution in [0.1, 0.15) is 31.3 Å². The van der Waals surface area contributed by atoms with E-state index in [2.05, 4.69) is 21.0 Å². The molecule has 4 rings (SSSR count). The molecule has 218 valence electrons. The van der Waals surface area contributed by atoms with E-state index in [1.807, 2.05) is 29.9 Å². The minimum absolute atomic E-state index is 0.194. The van der Waals surface area contributed by atoms with Crippen molar-refractivity contribution in [2.24, 2.45) is 5.92 Å². The number of aromatic nitrogens is 2. The van der Waals surface area contributed by atoms with Gasteiger partial charge < -0.3 is 19.5 Å². The molecule has 1 unspecified atom stereocenters. The van der Waals surface area contributed by atoms with Gasteiger partial charge >= 0.3 is 24.3 Å². The number of aliphatic carboxylic acids is 2. The van der Waals surface area contributed by atoms with Gasteiger partial charge in [-0.05, 0) is 43.9 Å². The Kier molecular flexibility index (Phi) is 10.5. The maximum Gasteiger partial charge on any atom is 0.490 e. The van der Waals surface area contributed by atoms with Crippen molar-refractivity contribution in [2.75, 3.05) is 13.1 Å². The first-order valence-electron chi connectivity index (χ1n) is 11.6. The predicted octanol–water partition coefficient (Wildman–Crippen LogP) is 3.56. The number of piperidine rings is 1. The number of rotatable bonds is 4. The minimum Gasteiger partial charge on any atom is -0.475 e. The fraction of sp³-hybridized carbons (Fsp3) is 0.565. The molecule has 4 heterocycles. The number of amides is 1. The van der Waals surface area contributed by atoms with Crippen LogP contribution in [0.15, 0.2) is 35.0 Å². The molecule has 16 heteroatoms. The summed E-state index contributed by atoms with van der Waals surface area (Å²) in [6, 6.07) is 6.65. The number of halogens is 6. The zero-order valence-electron chi connectivity index (χ0n) is 20.9. The number of hydrogen-bond acceptors (Lipinski definition) is 6. The summed E-state index contributed by atoms with van der Waals surface area (Å²) in [5.41, 5.74) is 0. The second-order valence-corrected chi connectivity index (χ2v) is 9.01. The van der Waals surface area contributed by atoms with Crippen molar-refractivity contribution in [3.63, 3.8) is 0 Å². The molecule has 0 aromatic carbocycles. The van der Waals surface area contributed by atoms with E-state index >= 15 is 0 Å². The number of carboxylic acid groups (broad SMARTS) is 2. The first-order valence-corrected chi connectivity index (χ1v) is 11.6. The molecule has 0 saturated carbocycles. The Labute approximate surface area is 218 Å². The van der Waals surface area contributed by atoms with Crippen LogP contribution < -0.4 is 0 Å². The number of hydrogen-bond donors (Lipinski definition) is 2. The Hall–Kier alpha value is -3.56. The highest BCUT2D eigenvalue weighted by molar-refractivity contribution is 5.74. The molecule has 3 atom stereocenters. The number of aryl methyl sites for hydroxylation is 1. The zero-order chi connectivity index (χ0) is 29.5. The van der Waals surface area contributed by atoms with E-state index in [-0.39, 0.29) is 11.9 Å². The standard InChI is InChI=1S/C19H26N4O2.2C2HF3O2/c1-14-4-5-18(25-14)13-21-9-6-19-16(11-21)10-17(23(19)15(2)24)12-22-8-3-7-20-22;2*3-2(4,5)1(6)7/h3-5,7-8,16-17,19H,6,9-13H2,1-2H3;2*(H,6,7)/t16-,17?,19+;;/m1../s1. The molecule has 2 aliphatic heterocycles. The number of nitrogens with zero attached hydrogens (tertiary/aromatic N) is 4. The average molecular weight is 570 g/mol. The Morgan fingerprint density at radius 1 is 1.08 bits per heavy atom. The maximum atomic E-state index is 12.3. The van der Waals surface area contributed by atoms with E-state index in [1.54, 1.807) is 13.1 Å². The van der Waals surface area contributed by atoms with E-state index < -0.39 is 24.3 Å². The lowest BCUT2D eigenvalue weighted by Gasteiger charge is -2.38. The number of carboxylic acids is 2. The van der Waals surface area contributed by atoms with Gasteiger partial charge in [0.15, 0.2) is 0 Å². The molecule has 0 aliphatic carbocycles. The van der Waals surface area contributed by atoms with Crippen LogP contribution >= 0.6 is 0 Å². The molecule has 0 bridgehead atoms. The summed E-state index contributed by atoms with van der Waals surface area (Å²) in [6.07, 6.45) is -4.30. The average Bonchev–Trinajstić information content (AvgIpc) is 3.53. The van der Waals surface area contributed by atoms with Crippen molar-refractivity contribution in [2.45, 2.75) is 64.2 Å². The molecule has 39 heavy (non-hydrogen) atoms. The summed E-state index contributed by atoms with van der Waals surface area (Å²) < 4.78 is 71.1. The lowest BCUT2D eigenvalue weighted by atomic mass is 9.92. The second-order valence-electron chi connectivity index (χ2n) is 9.01. The third kappa shape index (κ3) is 9.60. The van der Waals surface area contributed by atoms with Gasteiger partial charge in [-0.3, -0.25) is 14.4 Å². The monoisotopic (exact) mass is 570 g/mol. The largest absolute Gasteiger partial charge is 0.490 e. The second kappa shape index (κ2) is 13.0. The highest BCUT2D eigenvalue weighted by Gasteiger charge is 2.45. The summed E-state index contributed by atoms with van der Waals surface area (Å²) in [4.78, 5) is 34.7. The van der Waals surface area contributed by atoms with Gasteiger partial charge in [0.25, 0.3) is 0 Å². The molecule has 2 N–H and O–H groups in total. The molecular weight excluding hydrogens is 542 g/mol. The van der Waals surface area contributed by atoms with Gasteiger partial charge in [0.2, 0.25) is 5.91 Å². The van der Waals surface area contributed by atoms with Crippen LogP contribution in [0.4, 0.5) is 26.3 Å². The number of carbonyl (C=O) groups is 3. The smallest absolute Gasteiger partial charge is 0.475 e. The quantitative estimate of drug-likeness (QED) is 0.534. The fourth-order valence-corrected chi connectivity index (χ4v) is 4.64. The van der Waals surface area contributed by atoms with Gasteiger partial charge in [-0.25, -0.2) is 9.59 Å². The first kappa shape index (κ1) is 31.7. The predicted molar refractivity (Wildman–Crippen MR) is 121 cm³/mol. The summed E-state index contributed by atoms with van der Waals surface area (Å²) in [5, 5.41) is 18.6. The molecule has 2 aromatic rings. The maximum absolute atomic E-state index is 12.3. The first-order chi connectivity index (χ1) is 18.0. The van der Waals surface area contributed by atoms with Crippen molar-refractivity contribution in [3.05, 3.63) is 42.1 Å². The summed E-state index contributed by atoms with van der Waals surface area (Å²) >= 11 is 0. The van der Waals surface area contributed by atoms with Crippen LogP contribution in [0.25, 0.3) is 0 Å². The van der Waals surface area contributed by atoms with Crippen LogP contribution in [0, 0.1) is 12.8 Å². The highest BCUT2D eigenvalue weighted by Crippen LogP contribution is 2.36. The Morgan fingerprint density at radius 2 is 1.67 bits per heavy atom. The van der Waals surface area contributed by atoms with Crippen molar-refractivity contribution in [1.82, 2.24) is 19.6 Å². The topological polar surface area (TPSA) is 129 Å². The van der Waals surface area contributed by atoms with Gasteiger partial charge in [0.1, 0.15) is 11.5 Å². The van der Waals surface area contributed by atoms with Crippen molar-refractivity contribution < 1.29 is 55.4 Å². The lowest BCUT2D eigenvalue weighted by Crippen LogP contribution is -2.48. The Morgan fingerprint density at radius 3 is 2.10 bits per heavy atom. The van der Waals surface area contributed by atoms with Crippen LogP contribution in [-0.2, 0) is 27.5 Å². The zero-order valence-corrected chi connectivity index (χ0v) is 20.9. The summed E-state index contributed by atoms with van der Waals surface area (Å²) in [5.74, 6) is -2.78. The van der Waals surface area contributed by atoms with Crippen LogP contribution in [0.2, 0.25) is 0 Å². The molecule has 0 spiro atoms. The fourth-order valence-electron chi connectivity index (χ4n) is 4.64. The molecular formula is C23H28F6N4O6. The molecule has 0 radical (unpaired) electrons. The third-order valence-corrected chi connectivity index (χ3v) is 6.08. The van der Waals surface area contributed by atoms with E-state index in [0.29, 0.717) is 12.0 Å². The summed E-state index contributed by atoms with van der Waals surface area (Å²) in [7, 11) is 0. The highest BCUT2D eigenvalue weighted by atomic mass is 19.4. The lowest BCUT2D eigenvalue weighted by molar-refractivity contribution is -0.193. The van der Waals surface area contributed by atoms with Gasteiger partial charge in [-0.1, -0.05) is 0 Å². The molecule has 10 nitrogen and oxygen atoms in total. The van der Waals surface area contributed by atoms with Crippen molar-refractivity contribution in [1.29, 1.82) is 0 Å². The van der Waals surface area contributed by atoms with Crippen LogP contribution in [-0.4, -0.2) is 85.2 Å². The van der Waals surface area contributed by atoms with Crippen LogP contribution in [0.5, 0.6) is 0 Å². The van der Waals surface area contributed by atoms with E-state index in [1.165, 1.54) is 0 Å². The number of likely N-dealkylation sites (tertiary alicyclic amines) is 2. The third-order valence-electron chi connectivity index (χ3n) is 6.08. The van der Waals surface area contributed by atoms with Crippen molar-refractivity contribution >= 4 is 17.8 Å². The molecule has 2 aromatic heterocycles. The van der Waals surface area contributed by atoms with E-state index in [4.69, 9.17) is 24.2 Å². The van der Waals surface area contributed by atoms with Crippen molar-refractivity contribution in [3.8, 4) is 0 Å². The van der Waals surface area contributed by atoms with Gasteiger partial charge in [0, 0.05) is 38.4 Å². The van der Waals surface area contributed by atoms with E-state index in [9.17, 15) is 31.1 Å². The SMILES string of the molecule is CC(=O)N1C(Cn2cccn2)C[C@@H]2CN(Cc3ccc(C)o3)CC[C@@H]21.O=C(O)C(F)(F)F.O=C(O)C(F)(F)F. The molecule has 2 aliphatic rings. The van der Waals surface area contributed by atoms with E-state index in [0.717, 1.165) is 50.5 Å². The molecule has 2 saturated heterocycles.